The lowest BCUT2D eigenvalue weighted by atomic mass is 9.93. The van der Waals surface area contributed by atoms with Gasteiger partial charge in [0.2, 0.25) is 5.91 Å². The Morgan fingerprint density at radius 2 is 1.77 bits per heavy atom. The van der Waals surface area contributed by atoms with Crippen LogP contribution in [0.4, 0.5) is 0 Å². The maximum Gasteiger partial charge on any atom is 0.244 e. The fourth-order valence-corrected chi connectivity index (χ4v) is 2.61. The maximum atomic E-state index is 11.9. The average Bonchev–Trinajstić information content (AvgIpc) is 3.19. The first-order valence-corrected chi connectivity index (χ1v) is 8.41. The Kier molecular flexibility index (Phi) is 5.34. The number of hydrogen-bond acceptors (Lipinski definition) is 3. The first-order chi connectivity index (χ1) is 12.5. The van der Waals surface area contributed by atoms with E-state index in [2.05, 4.69) is 5.32 Å². The van der Waals surface area contributed by atoms with Gasteiger partial charge in [0.1, 0.15) is 5.60 Å². The highest BCUT2D eigenvalue weighted by Crippen LogP contribution is 2.24. The summed E-state index contributed by atoms with van der Waals surface area (Å²) in [5, 5.41) is 13.4. The molecule has 0 radical (unpaired) electrons. The van der Waals surface area contributed by atoms with E-state index in [9.17, 15) is 9.90 Å². The molecule has 0 saturated heterocycles. The number of aliphatic hydroxyl groups is 1. The van der Waals surface area contributed by atoms with Crippen LogP contribution in [0.15, 0.2) is 83.7 Å². The summed E-state index contributed by atoms with van der Waals surface area (Å²) in [5.41, 5.74) is 2.60. The molecule has 1 amide bonds. The predicted molar refractivity (Wildman–Crippen MR) is 102 cm³/mol. The summed E-state index contributed by atoms with van der Waals surface area (Å²) in [5.74, 6) is -0.271. The Morgan fingerprint density at radius 1 is 1.08 bits per heavy atom. The molecule has 2 aromatic carbocycles. The van der Waals surface area contributed by atoms with Gasteiger partial charge in [0.05, 0.1) is 19.1 Å². The SMILES string of the molecule is C[C@@](O)(CNC(=O)/C=C/c1ccoc1)c1ccc(-c2ccccc2)cc1. The standard InChI is InChI=1S/C22H21NO3/c1-22(25,16-23-21(24)12-7-17-13-14-26-15-17)20-10-8-19(9-11-20)18-5-3-2-4-6-18/h2-15,25H,16H2,1H3,(H,23,24)/b12-7+/t22-/m1/s1. The van der Waals surface area contributed by atoms with Crippen molar-refractivity contribution < 1.29 is 14.3 Å². The highest BCUT2D eigenvalue weighted by atomic mass is 16.3. The molecule has 0 aliphatic carbocycles. The van der Waals surface area contributed by atoms with Crippen molar-refractivity contribution in [2.24, 2.45) is 0 Å². The second kappa shape index (κ2) is 7.85. The van der Waals surface area contributed by atoms with Crippen molar-refractivity contribution in [1.82, 2.24) is 5.32 Å². The average molecular weight is 347 g/mol. The largest absolute Gasteiger partial charge is 0.472 e. The zero-order valence-electron chi connectivity index (χ0n) is 14.6. The molecule has 0 unspecified atom stereocenters. The van der Waals surface area contributed by atoms with Crippen LogP contribution < -0.4 is 5.32 Å². The summed E-state index contributed by atoms with van der Waals surface area (Å²) >= 11 is 0. The Labute approximate surface area is 152 Å². The van der Waals surface area contributed by atoms with E-state index in [-0.39, 0.29) is 12.5 Å². The van der Waals surface area contributed by atoms with Crippen molar-refractivity contribution in [3.63, 3.8) is 0 Å². The van der Waals surface area contributed by atoms with E-state index in [1.54, 1.807) is 31.6 Å². The van der Waals surface area contributed by atoms with E-state index >= 15 is 0 Å². The third-order valence-electron chi connectivity index (χ3n) is 4.19. The number of carbonyl (C=O) groups is 1. The first-order valence-electron chi connectivity index (χ1n) is 8.41. The van der Waals surface area contributed by atoms with Gasteiger partial charge in [0.25, 0.3) is 0 Å². The normalized spacial score (nSPS) is 13.5. The fraction of sp³-hybridized carbons (Fsp3) is 0.136. The minimum absolute atomic E-state index is 0.117. The lowest BCUT2D eigenvalue weighted by Gasteiger charge is -2.24. The molecule has 4 nitrogen and oxygen atoms in total. The van der Waals surface area contributed by atoms with Crippen molar-refractivity contribution in [2.75, 3.05) is 6.54 Å². The van der Waals surface area contributed by atoms with Gasteiger partial charge in [-0.15, -0.1) is 0 Å². The van der Waals surface area contributed by atoms with Gasteiger partial charge in [0, 0.05) is 11.6 Å². The lowest BCUT2D eigenvalue weighted by Crippen LogP contribution is -2.37. The van der Waals surface area contributed by atoms with E-state index in [0.29, 0.717) is 0 Å². The molecular formula is C22H21NO3. The number of amides is 1. The van der Waals surface area contributed by atoms with Gasteiger partial charge in [-0.05, 0) is 35.8 Å². The molecular weight excluding hydrogens is 326 g/mol. The topological polar surface area (TPSA) is 62.5 Å². The first kappa shape index (κ1) is 17.7. The van der Waals surface area contributed by atoms with Crippen LogP contribution in [0, 0.1) is 0 Å². The third kappa shape index (κ3) is 4.49. The predicted octanol–water partition coefficient (Wildman–Crippen LogP) is 3.98. The number of nitrogens with one attached hydrogen (secondary N) is 1. The van der Waals surface area contributed by atoms with E-state index < -0.39 is 5.60 Å². The molecule has 1 atom stereocenters. The van der Waals surface area contributed by atoms with Crippen LogP contribution in [0.5, 0.6) is 0 Å². The van der Waals surface area contributed by atoms with Crippen LogP contribution in [0.3, 0.4) is 0 Å². The van der Waals surface area contributed by atoms with Crippen LogP contribution in [0.1, 0.15) is 18.1 Å². The highest BCUT2D eigenvalue weighted by Gasteiger charge is 2.23. The second-order valence-corrected chi connectivity index (χ2v) is 6.33. The van der Waals surface area contributed by atoms with Gasteiger partial charge in [-0.25, -0.2) is 0 Å². The van der Waals surface area contributed by atoms with Crippen LogP contribution >= 0.6 is 0 Å². The molecule has 0 saturated carbocycles. The van der Waals surface area contributed by atoms with Gasteiger partial charge in [0.15, 0.2) is 0 Å². The Balaban J connectivity index is 1.61. The van der Waals surface area contributed by atoms with E-state index in [1.807, 2.05) is 54.6 Å². The zero-order chi connectivity index (χ0) is 18.4. The van der Waals surface area contributed by atoms with E-state index in [4.69, 9.17) is 4.42 Å². The summed E-state index contributed by atoms with van der Waals surface area (Å²) in [7, 11) is 0. The molecule has 0 bridgehead atoms. The summed E-state index contributed by atoms with van der Waals surface area (Å²) in [4.78, 5) is 11.9. The van der Waals surface area contributed by atoms with Gasteiger partial charge in [-0.3, -0.25) is 4.79 Å². The van der Waals surface area contributed by atoms with Gasteiger partial charge in [-0.2, -0.15) is 0 Å². The van der Waals surface area contributed by atoms with Crippen molar-refractivity contribution in [2.45, 2.75) is 12.5 Å². The Hall–Kier alpha value is -3.11. The zero-order valence-corrected chi connectivity index (χ0v) is 14.6. The summed E-state index contributed by atoms with van der Waals surface area (Å²) < 4.78 is 4.94. The monoisotopic (exact) mass is 347 g/mol. The molecule has 3 rings (SSSR count). The minimum atomic E-state index is -1.16. The molecule has 26 heavy (non-hydrogen) atoms. The second-order valence-electron chi connectivity index (χ2n) is 6.33. The van der Waals surface area contributed by atoms with Crippen molar-refractivity contribution >= 4 is 12.0 Å². The molecule has 0 aliphatic heterocycles. The smallest absolute Gasteiger partial charge is 0.244 e. The molecule has 1 aromatic heterocycles. The van der Waals surface area contributed by atoms with Crippen molar-refractivity contribution in [1.29, 1.82) is 0 Å². The summed E-state index contributed by atoms with van der Waals surface area (Å²) in [6.07, 6.45) is 6.16. The number of carbonyl (C=O) groups excluding carboxylic acids is 1. The molecule has 1 heterocycles. The van der Waals surface area contributed by atoms with Gasteiger partial charge >= 0.3 is 0 Å². The number of benzene rings is 2. The van der Waals surface area contributed by atoms with Gasteiger partial charge in [-0.1, -0.05) is 54.6 Å². The Bertz CT molecular complexity index is 864. The highest BCUT2D eigenvalue weighted by molar-refractivity contribution is 5.91. The molecule has 3 aromatic rings. The number of rotatable bonds is 6. The lowest BCUT2D eigenvalue weighted by molar-refractivity contribution is -0.117. The quantitative estimate of drug-likeness (QED) is 0.663. The molecule has 4 heteroatoms. The molecule has 0 aliphatic rings. The number of hydrogen-bond donors (Lipinski definition) is 2. The summed E-state index contributed by atoms with van der Waals surface area (Å²) in [6, 6.07) is 19.5. The molecule has 2 N–H and O–H groups in total. The van der Waals surface area contributed by atoms with Crippen LogP contribution in [0.2, 0.25) is 0 Å². The minimum Gasteiger partial charge on any atom is -0.472 e. The fourth-order valence-electron chi connectivity index (χ4n) is 2.61. The summed E-state index contributed by atoms with van der Waals surface area (Å²) in [6.45, 7) is 1.80. The number of furan rings is 1. The van der Waals surface area contributed by atoms with Crippen LogP contribution in [0.25, 0.3) is 17.2 Å². The Morgan fingerprint density at radius 3 is 2.42 bits per heavy atom. The van der Waals surface area contributed by atoms with E-state index in [0.717, 1.165) is 22.3 Å². The van der Waals surface area contributed by atoms with Crippen LogP contribution in [-0.2, 0) is 10.4 Å². The molecule has 0 fully saturated rings. The molecule has 0 spiro atoms. The van der Waals surface area contributed by atoms with Crippen molar-refractivity contribution in [3.05, 3.63) is 90.4 Å². The van der Waals surface area contributed by atoms with Crippen LogP contribution in [-0.4, -0.2) is 17.6 Å². The maximum absolute atomic E-state index is 11.9. The van der Waals surface area contributed by atoms with Crippen molar-refractivity contribution in [3.8, 4) is 11.1 Å². The molecule has 132 valence electrons. The van der Waals surface area contributed by atoms with Gasteiger partial charge < -0.3 is 14.8 Å². The third-order valence-corrected chi connectivity index (χ3v) is 4.19. The van der Waals surface area contributed by atoms with E-state index in [1.165, 1.54) is 6.08 Å².